The summed E-state index contributed by atoms with van der Waals surface area (Å²) in [5, 5.41) is 11.0. The Labute approximate surface area is 122 Å². The van der Waals surface area contributed by atoms with E-state index < -0.39 is 11.7 Å². The molecular formula is C16H19NO4. The molecule has 1 aromatic carbocycles. The Bertz CT molecular complexity index is 770. The van der Waals surface area contributed by atoms with Crippen LogP contribution in [0.15, 0.2) is 23.0 Å². The van der Waals surface area contributed by atoms with E-state index in [4.69, 9.17) is 9.47 Å². The van der Waals surface area contributed by atoms with E-state index in [0.29, 0.717) is 29.0 Å². The minimum atomic E-state index is -1.00. The average molecular weight is 289 g/mol. The van der Waals surface area contributed by atoms with Crippen molar-refractivity contribution >= 4 is 10.9 Å². The van der Waals surface area contributed by atoms with E-state index in [9.17, 15) is 9.90 Å². The standard InChI is InChI=1S/C16H19NO4/c1-16(2,19)12-8-10-14(21-12)9-6-5-7-11(20-4)13(9)17(3)15(10)18/h5-7,12,19H,8H2,1-4H3/t12-/m0/s1. The number of methoxy groups -OCH3 is 1. The van der Waals surface area contributed by atoms with Gasteiger partial charge in [-0.15, -0.1) is 0 Å². The lowest BCUT2D eigenvalue weighted by molar-refractivity contribution is -0.0224. The molecule has 0 aliphatic carbocycles. The van der Waals surface area contributed by atoms with Crippen LogP contribution in [-0.2, 0) is 13.5 Å². The van der Waals surface area contributed by atoms with Gasteiger partial charge in [-0.2, -0.15) is 0 Å². The minimum Gasteiger partial charge on any atom is -0.495 e. The Morgan fingerprint density at radius 2 is 2.14 bits per heavy atom. The lowest BCUT2D eigenvalue weighted by Gasteiger charge is -2.24. The fourth-order valence-electron chi connectivity index (χ4n) is 2.86. The zero-order chi connectivity index (χ0) is 15.4. The van der Waals surface area contributed by atoms with Gasteiger partial charge in [-0.1, -0.05) is 6.07 Å². The Morgan fingerprint density at radius 3 is 2.76 bits per heavy atom. The maximum absolute atomic E-state index is 12.6. The van der Waals surface area contributed by atoms with Crippen molar-refractivity contribution in [2.75, 3.05) is 7.11 Å². The molecule has 0 saturated carbocycles. The third-order valence-electron chi connectivity index (χ3n) is 4.07. The van der Waals surface area contributed by atoms with Gasteiger partial charge in [-0.25, -0.2) is 0 Å². The van der Waals surface area contributed by atoms with E-state index in [-0.39, 0.29) is 5.56 Å². The molecule has 0 amide bonds. The molecule has 0 fully saturated rings. The molecular weight excluding hydrogens is 270 g/mol. The van der Waals surface area contributed by atoms with Gasteiger partial charge in [0.15, 0.2) is 0 Å². The third kappa shape index (κ3) is 2.00. The summed E-state index contributed by atoms with van der Waals surface area (Å²) >= 11 is 0. The number of aromatic nitrogens is 1. The number of fused-ring (bicyclic) bond motifs is 3. The molecule has 0 saturated heterocycles. The first-order chi connectivity index (χ1) is 9.84. The molecule has 112 valence electrons. The summed E-state index contributed by atoms with van der Waals surface area (Å²) < 4.78 is 12.8. The number of ether oxygens (including phenoxy) is 2. The number of aliphatic hydroxyl groups is 1. The Morgan fingerprint density at radius 1 is 1.43 bits per heavy atom. The summed E-state index contributed by atoms with van der Waals surface area (Å²) in [6.45, 7) is 3.38. The van der Waals surface area contributed by atoms with E-state index in [1.165, 1.54) is 0 Å². The SMILES string of the molecule is COc1cccc2c3c(c(=O)n(C)c12)C[C@@H](C(C)(C)O)O3. The number of hydrogen-bond donors (Lipinski definition) is 1. The molecule has 1 aromatic heterocycles. The Hall–Kier alpha value is -2.01. The van der Waals surface area contributed by atoms with Crippen LogP contribution in [0.1, 0.15) is 19.4 Å². The van der Waals surface area contributed by atoms with Gasteiger partial charge in [-0.05, 0) is 26.0 Å². The van der Waals surface area contributed by atoms with Crippen LogP contribution in [0.4, 0.5) is 0 Å². The van der Waals surface area contributed by atoms with Crippen molar-refractivity contribution in [3.05, 3.63) is 34.1 Å². The van der Waals surface area contributed by atoms with E-state index >= 15 is 0 Å². The van der Waals surface area contributed by atoms with Crippen molar-refractivity contribution in [3.8, 4) is 11.5 Å². The van der Waals surface area contributed by atoms with Gasteiger partial charge in [0.2, 0.25) is 0 Å². The molecule has 1 N–H and O–H groups in total. The number of nitrogens with zero attached hydrogens (tertiary/aromatic N) is 1. The zero-order valence-electron chi connectivity index (χ0n) is 12.6. The van der Waals surface area contributed by atoms with Crippen molar-refractivity contribution in [2.45, 2.75) is 32.0 Å². The third-order valence-corrected chi connectivity index (χ3v) is 4.07. The second-order valence-electron chi connectivity index (χ2n) is 5.99. The Kier molecular flexibility index (Phi) is 2.99. The zero-order valence-corrected chi connectivity index (χ0v) is 12.6. The topological polar surface area (TPSA) is 60.7 Å². The number of pyridine rings is 1. The molecule has 21 heavy (non-hydrogen) atoms. The van der Waals surface area contributed by atoms with Gasteiger partial charge in [0.1, 0.15) is 17.6 Å². The fraction of sp³-hybridized carbons (Fsp3) is 0.438. The number of aryl methyl sites for hydroxylation is 1. The summed E-state index contributed by atoms with van der Waals surface area (Å²) in [6, 6.07) is 5.59. The summed E-state index contributed by atoms with van der Waals surface area (Å²) in [5.74, 6) is 1.20. The normalized spacial score (nSPS) is 17.7. The quantitative estimate of drug-likeness (QED) is 0.912. The van der Waals surface area contributed by atoms with Crippen LogP contribution in [0.3, 0.4) is 0 Å². The maximum atomic E-state index is 12.6. The van der Waals surface area contributed by atoms with Crippen molar-refractivity contribution in [2.24, 2.45) is 7.05 Å². The van der Waals surface area contributed by atoms with Crippen LogP contribution in [0.2, 0.25) is 0 Å². The first kappa shape index (κ1) is 13.9. The summed E-state index contributed by atoms with van der Waals surface area (Å²) in [5.41, 5.74) is 0.217. The molecule has 0 unspecified atom stereocenters. The van der Waals surface area contributed by atoms with Gasteiger partial charge in [0.05, 0.1) is 23.8 Å². The lowest BCUT2D eigenvalue weighted by atomic mass is 9.97. The second kappa shape index (κ2) is 4.49. The van der Waals surface area contributed by atoms with Crippen LogP contribution in [0, 0.1) is 0 Å². The number of hydrogen-bond acceptors (Lipinski definition) is 4. The monoisotopic (exact) mass is 289 g/mol. The maximum Gasteiger partial charge on any atom is 0.257 e. The van der Waals surface area contributed by atoms with Gasteiger partial charge in [0.25, 0.3) is 5.56 Å². The van der Waals surface area contributed by atoms with E-state index in [0.717, 1.165) is 5.39 Å². The first-order valence-corrected chi connectivity index (χ1v) is 6.92. The van der Waals surface area contributed by atoms with E-state index in [1.54, 1.807) is 32.6 Å². The highest BCUT2D eigenvalue weighted by atomic mass is 16.5. The second-order valence-corrected chi connectivity index (χ2v) is 5.99. The van der Waals surface area contributed by atoms with E-state index in [2.05, 4.69) is 0 Å². The van der Waals surface area contributed by atoms with Crippen LogP contribution >= 0.6 is 0 Å². The molecule has 3 rings (SSSR count). The predicted molar refractivity (Wildman–Crippen MR) is 80.2 cm³/mol. The van der Waals surface area contributed by atoms with Crippen molar-refractivity contribution in [1.29, 1.82) is 0 Å². The van der Waals surface area contributed by atoms with Crippen LogP contribution in [0.5, 0.6) is 11.5 Å². The first-order valence-electron chi connectivity index (χ1n) is 6.92. The highest BCUT2D eigenvalue weighted by Crippen LogP contribution is 2.39. The molecule has 5 nitrogen and oxygen atoms in total. The summed E-state index contributed by atoms with van der Waals surface area (Å²) in [4.78, 5) is 12.6. The van der Waals surface area contributed by atoms with Gasteiger partial charge >= 0.3 is 0 Å². The number of para-hydroxylation sites is 1. The van der Waals surface area contributed by atoms with E-state index in [1.807, 2.05) is 18.2 Å². The molecule has 2 aromatic rings. The summed E-state index contributed by atoms with van der Waals surface area (Å²) in [7, 11) is 3.30. The van der Waals surface area contributed by atoms with Crippen molar-refractivity contribution < 1.29 is 14.6 Å². The molecule has 0 radical (unpaired) electrons. The summed E-state index contributed by atoms with van der Waals surface area (Å²) in [6.07, 6.45) is -0.00411. The molecule has 1 aliphatic rings. The largest absolute Gasteiger partial charge is 0.495 e. The van der Waals surface area contributed by atoms with Gasteiger partial charge in [0, 0.05) is 18.9 Å². The molecule has 0 bridgehead atoms. The molecule has 1 aliphatic heterocycles. The fourth-order valence-corrected chi connectivity index (χ4v) is 2.86. The predicted octanol–water partition coefficient (Wildman–Crippen LogP) is 1.62. The molecule has 5 heteroatoms. The minimum absolute atomic E-state index is 0.103. The van der Waals surface area contributed by atoms with Gasteiger partial charge in [-0.3, -0.25) is 4.79 Å². The molecule has 2 heterocycles. The van der Waals surface area contributed by atoms with Crippen LogP contribution < -0.4 is 15.0 Å². The van der Waals surface area contributed by atoms with Gasteiger partial charge < -0.3 is 19.1 Å². The highest BCUT2D eigenvalue weighted by Gasteiger charge is 2.38. The number of rotatable bonds is 2. The van der Waals surface area contributed by atoms with Crippen molar-refractivity contribution in [3.63, 3.8) is 0 Å². The smallest absolute Gasteiger partial charge is 0.257 e. The van der Waals surface area contributed by atoms with Crippen LogP contribution in [-0.4, -0.2) is 28.5 Å². The average Bonchev–Trinajstić information content (AvgIpc) is 2.89. The molecule has 0 spiro atoms. The molecule has 1 atom stereocenters. The number of benzene rings is 1. The van der Waals surface area contributed by atoms with Crippen LogP contribution in [0.25, 0.3) is 10.9 Å². The Balaban J connectivity index is 2.31. The lowest BCUT2D eigenvalue weighted by Crippen LogP contribution is -2.39. The van der Waals surface area contributed by atoms with Crippen molar-refractivity contribution in [1.82, 2.24) is 4.57 Å². The highest BCUT2D eigenvalue weighted by molar-refractivity contribution is 5.91.